The summed E-state index contributed by atoms with van der Waals surface area (Å²) in [6.45, 7) is 8.42. The number of benzene rings is 2. The van der Waals surface area contributed by atoms with E-state index in [4.69, 9.17) is 0 Å². The molecule has 0 spiro atoms. The molecule has 0 radical (unpaired) electrons. The van der Waals surface area contributed by atoms with Crippen LogP contribution in [-0.2, 0) is 6.18 Å². The van der Waals surface area contributed by atoms with Crippen LogP contribution >= 0.6 is 0 Å². The van der Waals surface area contributed by atoms with Crippen molar-refractivity contribution in [2.75, 3.05) is 19.6 Å². The van der Waals surface area contributed by atoms with Crippen LogP contribution in [0.15, 0.2) is 42.5 Å². The molecule has 1 aromatic heterocycles. The van der Waals surface area contributed by atoms with Crippen molar-refractivity contribution >= 4 is 16.9 Å². The summed E-state index contributed by atoms with van der Waals surface area (Å²) in [4.78, 5) is 19.5. The zero-order chi connectivity index (χ0) is 23.8. The highest BCUT2D eigenvalue weighted by molar-refractivity contribution is 5.95. The quantitative estimate of drug-likeness (QED) is 0.572. The first kappa shape index (κ1) is 23.3. The van der Waals surface area contributed by atoms with Crippen molar-refractivity contribution in [3.8, 4) is 5.69 Å². The van der Waals surface area contributed by atoms with E-state index in [-0.39, 0.29) is 11.3 Å². The van der Waals surface area contributed by atoms with E-state index < -0.39 is 17.6 Å². The SMILES string of the molecule is Cc1nc2ccccc2n1-c1ccc(C(=O)NCC2CCN(C(C)C)CC2)cc1C(F)(F)F. The Bertz CT molecular complexity index is 1140. The number of para-hydroxylation sites is 2. The Morgan fingerprint density at radius 2 is 1.85 bits per heavy atom. The summed E-state index contributed by atoms with van der Waals surface area (Å²) in [6.07, 6.45) is -2.68. The zero-order valence-corrected chi connectivity index (χ0v) is 19.1. The normalized spacial score (nSPS) is 16.0. The summed E-state index contributed by atoms with van der Waals surface area (Å²) >= 11 is 0. The van der Waals surface area contributed by atoms with E-state index in [0.29, 0.717) is 35.4 Å². The lowest BCUT2D eigenvalue weighted by atomic mass is 9.96. The molecule has 0 unspecified atom stereocenters. The Balaban J connectivity index is 1.56. The first-order valence-corrected chi connectivity index (χ1v) is 11.3. The highest BCUT2D eigenvalue weighted by Gasteiger charge is 2.35. The van der Waals surface area contributed by atoms with Gasteiger partial charge in [0, 0.05) is 18.2 Å². The van der Waals surface area contributed by atoms with Crippen molar-refractivity contribution in [3.05, 3.63) is 59.4 Å². The standard InChI is InChI=1S/C25H29F3N4O/c1-16(2)31-12-10-18(11-13-31)15-29-24(33)19-8-9-22(20(14-19)25(26,27)28)32-17(3)30-21-6-4-5-7-23(21)32/h4-9,14,16,18H,10-13,15H2,1-3H3,(H,29,33). The molecule has 2 heterocycles. The Labute approximate surface area is 191 Å². The predicted octanol–water partition coefficient (Wildman–Crippen LogP) is 5.20. The third-order valence-electron chi connectivity index (χ3n) is 6.46. The second-order valence-corrected chi connectivity index (χ2v) is 9.00. The van der Waals surface area contributed by atoms with Crippen LogP contribution in [0.25, 0.3) is 16.7 Å². The molecule has 1 aliphatic rings. The lowest BCUT2D eigenvalue weighted by molar-refractivity contribution is -0.137. The summed E-state index contributed by atoms with van der Waals surface area (Å²) < 4.78 is 43.6. The number of nitrogens with zero attached hydrogens (tertiary/aromatic N) is 3. The molecule has 4 rings (SSSR count). The molecule has 176 valence electrons. The maximum absolute atomic E-state index is 14.0. The number of fused-ring (bicyclic) bond motifs is 1. The largest absolute Gasteiger partial charge is 0.418 e. The van der Waals surface area contributed by atoms with Crippen molar-refractivity contribution in [3.63, 3.8) is 0 Å². The number of aryl methyl sites for hydroxylation is 1. The second-order valence-electron chi connectivity index (χ2n) is 9.00. The molecule has 2 aromatic carbocycles. The fourth-order valence-corrected chi connectivity index (χ4v) is 4.56. The highest BCUT2D eigenvalue weighted by atomic mass is 19.4. The third-order valence-corrected chi connectivity index (χ3v) is 6.46. The Morgan fingerprint density at radius 1 is 1.15 bits per heavy atom. The van der Waals surface area contributed by atoms with E-state index in [2.05, 4.69) is 29.0 Å². The molecule has 1 fully saturated rings. The van der Waals surface area contributed by atoms with Crippen LogP contribution in [0, 0.1) is 12.8 Å². The van der Waals surface area contributed by atoms with E-state index in [1.807, 2.05) is 0 Å². The number of piperidine rings is 1. The van der Waals surface area contributed by atoms with Gasteiger partial charge >= 0.3 is 6.18 Å². The Hall–Kier alpha value is -2.87. The number of imidazole rings is 1. The second kappa shape index (κ2) is 9.17. The number of carbonyl (C=O) groups excluding carboxylic acids is 1. The fraction of sp³-hybridized carbons (Fsp3) is 0.440. The molecule has 0 bridgehead atoms. The van der Waals surface area contributed by atoms with Crippen molar-refractivity contribution in [1.82, 2.24) is 19.8 Å². The van der Waals surface area contributed by atoms with Crippen molar-refractivity contribution in [2.24, 2.45) is 5.92 Å². The number of nitrogens with one attached hydrogen (secondary N) is 1. The molecule has 5 nitrogen and oxygen atoms in total. The van der Waals surface area contributed by atoms with Gasteiger partial charge in [0.2, 0.25) is 0 Å². The van der Waals surface area contributed by atoms with Gasteiger partial charge in [0.25, 0.3) is 5.91 Å². The number of rotatable bonds is 5. The smallest absolute Gasteiger partial charge is 0.352 e. The topological polar surface area (TPSA) is 50.2 Å². The Kier molecular flexibility index (Phi) is 6.47. The van der Waals surface area contributed by atoms with E-state index in [1.54, 1.807) is 31.2 Å². The van der Waals surface area contributed by atoms with Crippen LogP contribution in [0.3, 0.4) is 0 Å². The summed E-state index contributed by atoms with van der Waals surface area (Å²) in [5.74, 6) is 0.308. The minimum Gasteiger partial charge on any atom is -0.352 e. The molecule has 1 N–H and O–H groups in total. The van der Waals surface area contributed by atoms with Gasteiger partial charge in [-0.25, -0.2) is 4.98 Å². The van der Waals surface area contributed by atoms with E-state index in [0.717, 1.165) is 32.0 Å². The molecule has 33 heavy (non-hydrogen) atoms. The molecule has 0 aliphatic carbocycles. The van der Waals surface area contributed by atoms with Gasteiger partial charge < -0.3 is 10.2 Å². The minimum atomic E-state index is -4.62. The fourth-order valence-electron chi connectivity index (χ4n) is 4.56. The van der Waals surface area contributed by atoms with Crippen LogP contribution in [0.1, 0.15) is 48.4 Å². The van der Waals surface area contributed by atoms with Gasteiger partial charge in [0.15, 0.2) is 0 Å². The first-order chi connectivity index (χ1) is 15.6. The summed E-state index contributed by atoms with van der Waals surface area (Å²) in [6, 6.07) is 11.3. The number of halogens is 3. The van der Waals surface area contributed by atoms with Crippen LogP contribution in [0.4, 0.5) is 13.2 Å². The maximum Gasteiger partial charge on any atom is 0.418 e. The van der Waals surface area contributed by atoms with Gasteiger partial charge in [0.1, 0.15) is 5.82 Å². The molecule has 0 atom stereocenters. The first-order valence-electron chi connectivity index (χ1n) is 11.3. The number of hydrogen-bond acceptors (Lipinski definition) is 3. The molecular weight excluding hydrogens is 429 g/mol. The average molecular weight is 459 g/mol. The van der Waals surface area contributed by atoms with Crippen LogP contribution < -0.4 is 5.32 Å². The maximum atomic E-state index is 14.0. The predicted molar refractivity (Wildman–Crippen MR) is 123 cm³/mol. The molecule has 0 saturated carbocycles. The van der Waals surface area contributed by atoms with Gasteiger partial charge in [-0.2, -0.15) is 13.2 Å². The van der Waals surface area contributed by atoms with Gasteiger partial charge in [-0.3, -0.25) is 9.36 Å². The lowest BCUT2D eigenvalue weighted by Crippen LogP contribution is -2.41. The number of hydrogen-bond donors (Lipinski definition) is 1. The molecule has 1 amide bonds. The number of likely N-dealkylation sites (tertiary alicyclic amines) is 1. The van der Waals surface area contributed by atoms with E-state index in [9.17, 15) is 18.0 Å². The summed E-state index contributed by atoms with van der Waals surface area (Å²) in [5, 5.41) is 2.84. The van der Waals surface area contributed by atoms with Gasteiger partial charge in [-0.15, -0.1) is 0 Å². The molecule has 1 saturated heterocycles. The number of aromatic nitrogens is 2. The molecule has 3 aromatic rings. The van der Waals surface area contributed by atoms with Crippen LogP contribution in [0.2, 0.25) is 0 Å². The number of carbonyl (C=O) groups is 1. The van der Waals surface area contributed by atoms with Crippen molar-refractivity contribution < 1.29 is 18.0 Å². The Morgan fingerprint density at radius 3 is 2.52 bits per heavy atom. The molecule has 8 heteroatoms. The molecule has 1 aliphatic heterocycles. The van der Waals surface area contributed by atoms with Crippen LogP contribution in [0.5, 0.6) is 0 Å². The van der Waals surface area contributed by atoms with Crippen LogP contribution in [-0.4, -0.2) is 46.0 Å². The monoisotopic (exact) mass is 458 g/mol. The highest BCUT2D eigenvalue weighted by Crippen LogP contribution is 2.36. The van der Waals surface area contributed by atoms with Crippen molar-refractivity contribution in [2.45, 2.75) is 45.8 Å². The van der Waals surface area contributed by atoms with E-state index >= 15 is 0 Å². The van der Waals surface area contributed by atoms with Gasteiger partial charge in [0.05, 0.1) is 22.3 Å². The average Bonchev–Trinajstić information content (AvgIpc) is 3.12. The van der Waals surface area contributed by atoms with Gasteiger partial charge in [-0.05, 0) is 83.0 Å². The molecular formula is C25H29F3N4O. The van der Waals surface area contributed by atoms with Gasteiger partial charge in [-0.1, -0.05) is 12.1 Å². The third kappa shape index (κ3) is 4.90. The van der Waals surface area contributed by atoms with E-state index in [1.165, 1.54) is 16.7 Å². The lowest BCUT2D eigenvalue weighted by Gasteiger charge is -2.34. The summed E-state index contributed by atoms with van der Waals surface area (Å²) in [5.41, 5.74) is 0.324. The zero-order valence-electron chi connectivity index (χ0n) is 19.1. The minimum absolute atomic E-state index is 0.00719. The summed E-state index contributed by atoms with van der Waals surface area (Å²) in [7, 11) is 0. The number of alkyl halides is 3. The number of amides is 1. The van der Waals surface area contributed by atoms with Crippen molar-refractivity contribution in [1.29, 1.82) is 0 Å².